The highest BCUT2D eigenvalue weighted by Crippen LogP contribution is 2.27. The van der Waals surface area contributed by atoms with Crippen molar-refractivity contribution >= 4 is 5.78 Å². The van der Waals surface area contributed by atoms with Gasteiger partial charge in [0.25, 0.3) is 0 Å². The molecule has 3 nitrogen and oxygen atoms in total. The van der Waals surface area contributed by atoms with Crippen LogP contribution in [0.3, 0.4) is 0 Å². The highest BCUT2D eigenvalue weighted by molar-refractivity contribution is 5.32. The van der Waals surface area contributed by atoms with E-state index in [4.69, 9.17) is 0 Å². The smallest absolute Gasteiger partial charge is 0.290 e. The van der Waals surface area contributed by atoms with Gasteiger partial charge in [-0.3, -0.25) is 4.40 Å². The maximum absolute atomic E-state index is 12.2. The quantitative estimate of drug-likeness (QED) is 0.653. The second kappa shape index (κ2) is 2.70. The zero-order valence-corrected chi connectivity index (χ0v) is 7.21. The lowest BCUT2D eigenvalue weighted by Gasteiger charge is -1.98. The number of imidazole rings is 1. The predicted molar refractivity (Wildman–Crippen MR) is 42.7 cm³/mol. The molecule has 0 atom stereocenters. The van der Waals surface area contributed by atoms with Crippen molar-refractivity contribution in [3.05, 3.63) is 29.8 Å². The van der Waals surface area contributed by atoms with E-state index in [0.29, 0.717) is 0 Å². The number of aromatic nitrogens is 3. The van der Waals surface area contributed by atoms with Crippen LogP contribution in [0, 0.1) is 6.92 Å². The number of halogens is 3. The predicted octanol–water partition coefficient (Wildman–Crippen LogP) is 2.06. The molecule has 2 rings (SSSR count). The molecular weight excluding hydrogens is 195 g/mol. The molecule has 0 unspecified atom stereocenters. The summed E-state index contributed by atoms with van der Waals surface area (Å²) in [5, 5.41) is 0. The average molecular weight is 201 g/mol. The van der Waals surface area contributed by atoms with Crippen molar-refractivity contribution in [2.45, 2.75) is 13.1 Å². The minimum atomic E-state index is -4.42. The molecule has 6 heteroatoms. The Morgan fingerprint density at radius 1 is 1.29 bits per heavy atom. The molecule has 0 N–H and O–H groups in total. The summed E-state index contributed by atoms with van der Waals surface area (Å²) < 4.78 is 37.9. The van der Waals surface area contributed by atoms with Gasteiger partial charge in [-0.1, -0.05) is 0 Å². The van der Waals surface area contributed by atoms with Crippen molar-refractivity contribution in [1.29, 1.82) is 0 Å². The summed E-state index contributed by atoms with van der Waals surface area (Å²) in [5.74, 6) is 0.0583. The van der Waals surface area contributed by atoms with Crippen LogP contribution in [-0.4, -0.2) is 14.4 Å². The first-order valence-electron chi connectivity index (χ1n) is 3.85. The molecule has 0 aliphatic heterocycles. The van der Waals surface area contributed by atoms with Gasteiger partial charge in [-0.15, -0.1) is 0 Å². The summed E-state index contributed by atoms with van der Waals surface area (Å²) in [7, 11) is 0. The van der Waals surface area contributed by atoms with Crippen LogP contribution < -0.4 is 0 Å². The Balaban J connectivity index is 2.63. The van der Waals surface area contributed by atoms with E-state index in [9.17, 15) is 13.2 Å². The largest absolute Gasteiger partial charge is 0.434 e. The molecule has 0 aliphatic carbocycles. The molecule has 2 heterocycles. The van der Waals surface area contributed by atoms with Gasteiger partial charge in [-0.2, -0.15) is 13.2 Å². The molecule has 0 spiro atoms. The Labute approximate surface area is 77.2 Å². The van der Waals surface area contributed by atoms with Crippen LogP contribution in [0.2, 0.25) is 0 Å². The average Bonchev–Trinajstić information content (AvgIpc) is 2.45. The van der Waals surface area contributed by atoms with E-state index in [1.54, 1.807) is 13.1 Å². The zero-order chi connectivity index (χ0) is 10.3. The fourth-order valence-corrected chi connectivity index (χ4v) is 1.12. The third-order valence-corrected chi connectivity index (χ3v) is 1.73. The Kier molecular flexibility index (Phi) is 1.73. The van der Waals surface area contributed by atoms with Crippen LogP contribution in [0.15, 0.2) is 18.6 Å². The number of alkyl halides is 3. The van der Waals surface area contributed by atoms with Gasteiger partial charge >= 0.3 is 6.18 Å². The first kappa shape index (κ1) is 8.98. The minimum absolute atomic E-state index is 0.0583. The molecule has 0 aliphatic rings. The molecule has 0 saturated heterocycles. The monoisotopic (exact) mass is 201 g/mol. The molecule has 2 aromatic heterocycles. The minimum Gasteiger partial charge on any atom is -0.290 e. The van der Waals surface area contributed by atoms with Crippen molar-refractivity contribution in [2.75, 3.05) is 0 Å². The number of rotatable bonds is 0. The highest BCUT2D eigenvalue weighted by Gasteiger charge is 2.34. The van der Waals surface area contributed by atoms with Gasteiger partial charge in [-0.25, -0.2) is 9.97 Å². The van der Waals surface area contributed by atoms with Crippen LogP contribution in [0.4, 0.5) is 13.2 Å². The van der Waals surface area contributed by atoms with E-state index in [1.807, 2.05) is 0 Å². The normalized spacial score (nSPS) is 12.3. The fourth-order valence-electron chi connectivity index (χ4n) is 1.12. The molecule has 2 aromatic rings. The van der Waals surface area contributed by atoms with Gasteiger partial charge in [0.2, 0.25) is 5.78 Å². The summed E-state index contributed by atoms with van der Waals surface area (Å²) in [6, 6.07) is 0. The molecule has 0 bridgehead atoms. The van der Waals surface area contributed by atoms with E-state index < -0.39 is 11.9 Å². The standard InChI is InChI=1S/C8H6F3N3/c1-5-2-12-7-13-6(8(9,10)11)4-14(7)3-5/h2-4H,1H3. The second-order valence-corrected chi connectivity index (χ2v) is 2.96. The zero-order valence-electron chi connectivity index (χ0n) is 7.21. The van der Waals surface area contributed by atoms with E-state index >= 15 is 0 Å². The molecular formula is C8H6F3N3. The SMILES string of the molecule is Cc1cnc2nc(C(F)(F)F)cn2c1. The first-order valence-corrected chi connectivity index (χ1v) is 3.85. The summed E-state index contributed by atoms with van der Waals surface area (Å²) in [5.41, 5.74) is -0.140. The van der Waals surface area contributed by atoms with Gasteiger partial charge < -0.3 is 0 Å². The number of aryl methyl sites for hydroxylation is 1. The molecule has 0 aromatic carbocycles. The van der Waals surface area contributed by atoms with Crippen LogP contribution in [-0.2, 0) is 6.18 Å². The van der Waals surface area contributed by atoms with Crippen molar-refractivity contribution in [3.63, 3.8) is 0 Å². The first-order chi connectivity index (χ1) is 6.47. The van der Waals surface area contributed by atoms with E-state index in [2.05, 4.69) is 9.97 Å². The maximum Gasteiger partial charge on any atom is 0.434 e. The Morgan fingerprint density at radius 3 is 2.64 bits per heavy atom. The summed E-state index contributed by atoms with van der Waals surface area (Å²) in [6.07, 6.45) is -0.468. The lowest BCUT2D eigenvalue weighted by molar-refractivity contribution is -0.140. The Morgan fingerprint density at radius 2 is 2.00 bits per heavy atom. The van der Waals surface area contributed by atoms with Crippen molar-refractivity contribution in [3.8, 4) is 0 Å². The van der Waals surface area contributed by atoms with Gasteiger partial charge in [0, 0.05) is 18.6 Å². The summed E-state index contributed by atoms with van der Waals surface area (Å²) in [6.45, 7) is 1.75. The molecule has 0 saturated carbocycles. The third-order valence-electron chi connectivity index (χ3n) is 1.73. The van der Waals surface area contributed by atoms with Crippen LogP contribution in [0.25, 0.3) is 5.78 Å². The molecule has 0 radical (unpaired) electrons. The number of fused-ring (bicyclic) bond motifs is 1. The van der Waals surface area contributed by atoms with Crippen LogP contribution in [0.5, 0.6) is 0 Å². The molecule has 74 valence electrons. The molecule has 0 fully saturated rings. The lowest BCUT2D eigenvalue weighted by Crippen LogP contribution is -2.04. The number of hydrogen-bond donors (Lipinski definition) is 0. The molecule has 0 amide bonds. The van der Waals surface area contributed by atoms with Gasteiger partial charge in [0.05, 0.1) is 0 Å². The summed E-state index contributed by atoms with van der Waals surface area (Å²) in [4.78, 5) is 7.12. The number of hydrogen-bond acceptors (Lipinski definition) is 2. The van der Waals surface area contributed by atoms with E-state index in [1.165, 1.54) is 10.6 Å². The van der Waals surface area contributed by atoms with Gasteiger partial charge in [0.15, 0.2) is 5.69 Å². The van der Waals surface area contributed by atoms with Crippen molar-refractivity contribution in [1.82, 2.24) is 14.4 Å². The second-order valence-electron chi connectivity index (χ2n) is 2.96. The molecule has 14 heavy (non-hydrogen) atoms. The maximum atomic E-state index is 12.2. The van der Waals surface area contributed by atoms with Crippen molar-refractivity contribution < 1.29 is 13.2 Å². The third kappa shape index (κ3) is 1.43. The van der Waals surface area contributed by atoms with Crippen LogP contribution >= 0.6 is 0 Å². The fraction of sp³-hybridized carbons (Fsp3) is 0.250. The van der Waals surface area contributed by atoms with Gasteiger partial charge in [-0.05, 0) is 12.5 Å². The Hall–Kier alpha value is -1.59. The van der Waals surface area contributed by atoms with Gasteiger partial charge in [0.1, 0.15) is 0 Å². The van der Waals surface area contributed by atoms with Crippen LogP contribution in [0.1, 0.15) is 11.3 Å². The van der Waals surface area contributed by atoms with E-state index in [0.717, 1.165) is 11.8 Å². The summed E-state index contributed by atoms with van der Waals surface area (Å²) >= 11 is 0. The lowest BCUT2D eigenvalue weighted by atomic mass is 10.4. The topological polar surface area (TPSA) is 30.2 Å². The highest BCUT2D eigenvalue weighted by atomic mass is 19.4. The van der Waals surface area contributed by atoms with E-state index in [-0.39, 0.29) is 5.78 Å². The van der Waals surface area contributed by atoms with Crippen molar-refractivity contribution in [2.24, 2.45) is 0 Å². The number of nitrogens with zero attached hydrogens (tertiary/aromatic N) is 3. The Bertz CT molecular complexity index is 472.